The van der Waals surface area contributed by atoms with Crippen LogP contribution in [0.3, 0.4) is 0 Å². The van der Waals surface area contributed by atoms with Crippen LogP contribution in [0.15, 0.2) is 390 Å². The standard InChI is InChI=1S/C54H31NO.C28H16BrN.C26H17BO3/c1-3-18-40-38(16-1)50(33-26-28-49-43(30-33)36-15-6-8-24-48(36)56-49)39-17-2-4-19-41(39)51(40)34-25-27-42-47(31-34)54(46-23-11-29-55-53(42)46)44-21-7-5-14-35(44)37-20-9-12-32-13-10-22-45(54)52(32)37;29-18-13-14-21-25(16-18)28(24-12-5-15-30-27(21)24)22-10-2-1-8-19(22)20-9-3-6-17-7-4-11-23(28)26(17)20;28-27(29)26-20-10-3-1-8-18(20)25(19-9-2-4-11-21(19)26)16-13-14-24-22(15-16)17-7-5-6-12-23(17)30-24/h1-31H;1-16H;1-15,28-29H. The topological polar surface area (TPSA) is 92.5 Å². The molecule has 8 heteroatoms. The van der Waals surface area contributed by atoms with Gasteiger partial charge in [0.05, 0.1) is 22.2 Å². The summed E-state index contributed by atoms with van der Waals surface area (Å²) in [6.07, 6.45) is 3.86. The normalized spacial score (nSPS) is 14.9. The highest BCUT2D eigenvalue weighted by Crippen LogP contribution is 2.64. The minimum Gasteiger partial charge on any atom is -0.456 e. The zero-order chi connectivity index (χ0) is 76.6. The summed E-state index contributed by atoms with van der Waals surface area (Å²) < 4.78 is 13.4. The molecule has 540 valence electrons. The molecule has 0 amide bonds. The van der Waals surface area contributed by atoms with Gasteiger partial charge in [-0.25, -0.2) is 0 Å². The van der Waals surface area contributed by atoms with Crippen molar-refractivity contribution in [3.63, 3.8) is 0 Å². The van der Waals surface area contributed by atoms with E-state index in [4.69, 9.17) is 18.8 Å². The van der Waals surface area contributed by atoms with Crippen molar-refractivity contribution in [1.29, 1.82) is 0 Å². The molecule has 0 aliphatic heterocycles. The minimum atomic E-state index is -1.55. The van der Waals surface area contributed by atoms with Gasteiger partial charge < -0.3 is 18.9 Å². The summed E-state index contributed by atoms with van der Waals surface area (Å²) in [4.78, 5) is 9.98. The van der Waals surface area contributed by atoms with Gasteiger partial charge in [-0.1, -0.05) is 313 Å². The number of para-hydroxylation sites is 2. The molecule has 4 aromatic heterocycles. The van der Waals surface area contributed by atoms with Crippen molar-refractivity contribution in [2.75, 3.05) is 0 Å². The molecule has 22 aromatic rings. The molecule has 116 heavy (non-hydrogen) atoms. The number of halogens is 1. The van der Waals surface area contributed by atoms with Crippen molar-refractivity contribution >= 4 is 137 Å². The van der Waals surface area contributed by atoms with Gasteiger partial charge in [-0.3, -0.25) is 9.97 Å². The number of benzene rings is 18. The molecule has 0 saturated carbocycles. The van der Waals surface area contributed by atoms with Crippen LogP contribution >= 0.6 is 15.9 Å². The number of aromatic nitrogens is 2. The lowest BCUT2D eigenvalue weighted by Crippen LogP contribution is -2.31. The molecule has 0 fully saturated rings. The Morgan fingerprint density at radius 3 is 1.04 bits per heavy atom. The van der Waals surface area contributed by atoms with Crippen molar-refractivity contribution in [3.8, 4) is 78.1 Å². The zero-order valence-electron chi connectivity index (χ0n) is 62.4. The fourth-order valence-corrected chi connectivity index (χ4v) is 21.3. The van der Waals surface area contributed by atoms with Gasteiger partial charge in [0.15, 0.2) is 0 Å². The van der Waals surface area contributed by atoms with Crippen molar-refractivity contribution < 1.29 is 18.9 Å². The number of pyridine rings is 2. The molecule has 18 aromatic carbocycles. The quantitative estimate of drug-likeness (QED) is 0.135. The summed E-state index contributed by atoms with van der Waals surface area (Å²) >= 11 is 3.75. The molecule has 2 atom stereocenters. The van der Waals surface area contributed by atoms with E-state index in [2.05, 4.69) is 301 Å². The van der Waals surface area contributed by atoms with Crippen LogP contribution < -0.4 is 5.46 Å². The second kappa shape index (κ2) is 25.4. The fraction of sp³-hybridized carbons (Fsp3) is 0.0185. The molecule has 4 heterocycles. The second-order valence-corrected chi connectivity index (χ2v) is 31.9. The molecule has 26 rings (SSSR count). The first-order valence-electron chi connectivity index (χ1n) is 39.5. The van der Waals surface area contributed by atoms with Crippen LogP contribution in [0.2, 0.25) is 0 Å². The van der Waals surface area contributed by atoms with Crippen LogP contribution in [0.25, 0.3) is 187 Å². The van der Waals surface area contributed by atoms with Crippen molar-refractivity contribution in [3.05, 3.63) is 425 Å². The Hall–Kier alpha value is -14.1. The minimum absolute atomic E-state index is 0.368. The van der Waals surface area contributed by atoms with Crippen LogP contribution in [0.5, 0.6) is 0 Å². The van der Waals surface area contributed by atoms with Crippen molar-refractivity contribution in [2.45, 2.75) is 10.8 Å². The summed E-state index contributed by atoms with van der Waals surface area (Å²) in [5, 5.41) is 38.6. The van der Waals surface area contributed by atoms with Gasteiger partial charge >= 0.3 is 7.12 Å². The molecule has 4 aliphatic rings. The van der Waals surface area contributed by atoms with Crippen LogP contribution in [0.1, 0.15) is 44.5 Å². The Labute approximate surface area is 675 Å². The van der Waals surface area contributed by atoms with Crippen molar-refractivity contribution in [2.24, 2.45) is 0 Å². The number of furan rings is 2. The third-order valence-corrected chi connectivity index (χ3v) is 25.9. The molecular formula is C108H64BBrN2O4. The molecule has 4 aliphatic carbocycles. The molecule has 0 bridgehead atoms. The maximum absolute atomic E-state index is 10.2. The van der Waals surface area contributed by atoms with E-state index in [1.165, 1.54) is 143 Å². The van der Waals surface area contributed by atoms with Crippen molar-refractivity contribution in [1.82, 2.24) is 9.97 Å². The maximum Gasteiger partial charge on any atom is 0.489 e. The molecule has 0 radical (unpaired) electrons. The Morgan fingerprint density at radius 2 is 0.586 bits per heavy atom. The molecule has 2 N–H and O–H groups in total. The average Bonchev–Trinajstić information content (AvgIpc) is 1.48. The number of hydrogen-bond acceptors (Lipinski definition) is 6. The fourth-order valence-electron chi connectivity index (χ4n) is 20.9. The van der Waals surface area contributed by atoms with Gasteiger partial charge in [0.1, 0.15) is 22.3 Å². The predicted molar refractivity (Wildman–Crippen MR) is 481 cm³/mol. The molecular weight excluding hydrogens is 1480 g/mol. The second-order valence-electron chi connectivity index (χ2n) is 31.0. The van der Waals surface area contributed by atoms with E-state index in [0.29, 0.717) is 5.46 Å². The lowest BCUT2D eigenvalue weighted by Gasteiger charge is -2.40. The van der Waals surface area contributed by atoms with E-state index in [-0.39, 0.29) is 5.41 Å². The van der Waals surface area contributed by atoms with E-state index < -0.39 is 12.5 Å². The molecule has 2 spiro atoms. The van der Waals surface area contributed by atoms with Gasteiger partial charge in [-0.05, 0) is 237 Å². The smallest absolute Gasteiger partial charge is 0.456 e. The summed E-state index contributed by atoms with van der Waals surface area (Å²) in [6.45, 7) is 0. The number of nitrogens with zero attached hydrogens (tertiary/aromatic N) is 2. The first-order chi connectivity index (χ1) is 57.3. The highest BCUT2D eigenvalue weighted by molar-refractivity contribution is 9.10. The lowest BCUT2D eigenvalue weighted by atomic mass is 9.61. The average molecular weight is 1540 g/mol. The summed E-state index contributed by atoms with van der Waals surface area (Å²) in [5.41, 5.74) is 30.4. The summed E-state index contributed by atoms with van der Waals surface area (Å²) in [5.74, 6) is 0. The summed E-state index contributed by atoms with van der Waals surface area (Å²) in [7, 11) is -1.55. The highest BCUT2D eigenvalue weighted by atomic mass is 79.9. The third-order valence-electron chi connectivity index (χ3n) is 25.4. The van der Waals surface area contributed by atoms with Gasteiger partial charge in [0.2, 0.25) is 0 Å². The van der Waals surface area contributed by atoms with E-state index >= 15 is 0 Å². The van der Waals surface area contributed by atoms with Crippen LogP contribution in [-0.4, -0.2) is 27.1 Å². The van der Waals surface area contributed by atoms with Gasteiger partial charge in [-0.15, -0.1) is 0 Å². The Balaban J connectivity index is 0.000000109. The van der Waals surface area contributed by atoms with Crippen LogP contribution in [0, 0.1) is 0 Å². The molecule has 0 saturated heterocycles. The summed E-state index contributed by atoms with van der Waals surface area (Å²) in [6, 6.07) is 131. The largest absolute Gasteiger partial charge is 0.489 e. The Bertz CT molecular complexity index is 7890. The number of hydrogen-bond donors (Lipinski definition) is 2. The van der Waals surface area contributed by atoms with Gasteiger partial charge in [0, 0.05) is 49.5 Å². The van der Waals surface area contributed by atoms with E-state index in [1.807, 2.05) is 91.3 Å². The molecule has 2 unspecified atom stereocenters. The number of rotatable bonds is 4. The highest BCUT2D eigenvalue weighted by Gasteiger charge is 2.53. The van der Waals surface area contributed by atoms with E-state index in [0.717, 1.165) is 92.4 Å². The lowest BCUT2D eigenvalue weighted by molar-refractivity contribution is 0.426. The maximum atomic E-state index is 10.2. The van der Waals surface area contributed by atoms with E-state index in [1.54, 1.807) is 0 Å². The number of fused-ring (bicyclic) bond motifs is 28. The first kappa shape index (κ1) is 66.5. The van der Waals surface area contributed by atoms with Crippen LogP contribution in [-0.2, 0) is 10.8 Å². The van der Waals surface area contributed by atoms with Gasteiger partial charge in [-0.2, -0.15) is 0 Å². The SMILES string of the molecule is Brc1ccc2c(c1)C1(c3ccccc3-c3cccc4cccc1c34)c1cccnc1-2.OB(O)c1c2ccccc2c(-c2ccc3oc4ccccc4c3c2)c2ccccc12.c1ccc2c(c1)-c1cccc3cccc(c13)C21c2cc(-c3c4ccccc4c(-c4ccc5oc6ccccc6c5c4)c4ccccc34)ccc2-c2ncccc21. The first-order valence-corrected chi connectivity index (χ1v) is 40.3. The van der Waals surface area contributed by atoms with Gasteiger partial charge in [0.25, 0.3) is 0 Å². The Morgan fingerprint density at radius 1 is 0.250 bits per heavy atom. The Kier molecular flexibility index (Phi) is 14.6. The zero-order valence-corrected chi connectivity index (χ0v) is 63.9. The predicted octanol–water partition coefficient (Wildman–Crippen LogP) is 26.7. The monoisotopic (exact) mass is 1540 g/mol. The third kappa shape index (κ3) is 9.31. The van der Waals surface area contributed by atoms with E-state index in [9.17, 15) is 10.0 Å². The molecule has 6 nitrogen and oxygen atoms in total. The van der Waals surface area contributed by atoms with Crippen LogP contribution in [0.4, 0.5) is 0 Å².